The van der Waals surface area contributed by atoms with Crippen LogP contribution in [0.15, 0.2) is 151 Å². The first-order chi connectivity index (χ1) is 22.8. The Labute approximate surface area is 327 Å². The average Bonchev–Trinajstić information content (AvgIpc) is 3.75. The second kappa shape index (κ2) is 14.5. The van der Waals surface area contributed by atoms with Crippen molar-refractivity contribution in [1.29, 1.82) is 0 Å². The second-order valence-corrected chi connectivity index (χ2v) is 16.6. The van der Waals surface area contributed by atoms with Crippen LogP contribution >= 0.6 is 0 Å². The maximum absolute atomic E-state index is 2.99. The van der Waals surface area contributed by atoms with Crippen molar-refractivity contribution in [3.8, 4) is 0 Å². The molecule has 0 nitrogen and oxygen atoms in total. The molecule has 0 spiro atoms. The molecule has 0 amide bonds. The molecule has 8 unspecified atom stereocenters. The zero-order valence-corrected chi connectivity index (χ0v) is 34.0. The second-order valence-electron chi connectivity index (χ2n) is 15.8. The first-order valence-electron chi connectivity index (χ1n) is 17.6. The Bertz CT molecular complexity index is 1760. The first-order valence-corrected chi connectivity index (χ1v) is 18.4. The van der Waals surface area contributed by atoms with Crippen LogP contribution < -0.4 is 24.8 Å². The molecule has 2 fully saturated rings. The number of allylic oxidation sites excluding steroid dienone is 16. The van der Waals surface area contributed by atoms with E-state index in [2.05, 4.69) is 209 Å². The van der Waals surface area contributed by atoms with Crippen molar-refractivity contribution < 1.29 is 44.8 Å². The van der Waals surface area contributed by atoms with Crippen molar-refractivity contribution in [3.63, 3.8) is 0 Å². The normalized spacial score (nSPS) is 38.8. The fourth-order valence-corrected chi connectivity index (χ4v) is 11.5. The van der Waals surface area contributed by atoms with Gasteiger partial charge < -0.3 is 31.2 Å². The van der Waals surface area contributed by atoms with Crippen LogP contribution in [-0.2, 0) is 20.0 Å². The Morgan fingerprint density at radius 1 is 0.660 bits per heavy atom. The molecule has 0 radical (unpaired) electrons. The van der Waals surface area contributed by atoms with E-state index in [-0.39, 0.29) is 62.7 Å². The maximum atomic E-state index is 2.99. The van der Waals surface area contributed by atoms with Crippen molar-refractivity contribution in [1.82, 2.24) is 0 Å². The van der Waals surface area contributed by atoms with Gasteiger partial charge in [0.15, 0.2) is 0 Å². The molecule has 3 heteroatoms. The van der Waals surface area contributed by atoms with Crippen LogP contribution in [0.25, 0.3) is 0 Å². The van der Waals surface area contributed by atoms with Gasteiger partial charge in [-0.1, -0.05) is 115 Å². The summed E-state index contributed by atoms with van der Waals surface area (Å²) in [6, 6.07) is 20.9. The quantitative estimate of drug-likeness (QED) is 0.272. The van der Waals surface area contributed by atoms with E-state index in [1.54, 1.807) is 0 Å². The number of benzene rings is 2. The molecule has 6 aliphatic rings. The van der Waals surface area contributed by atoms with Gasteiger partial charge >= 0.3 is 95.6 Å². The zero-order chi connectivity index (χ0) is 34.5. The molecule has 50 heavy (non-hydrogen) atoms. The Balaban J connectivity index is 0.000000223. The first kappa shape index (κ1) is 40.3. The Morgan fingerprint density at radius 3 is 1.60 bits per heavy atom. The van der Waals surface area contributed by atoms with Crippen molar-refractivity contribution in [2.45, 2.75) is 61.8 Å². The van der Waals surface area contributed by atoms with Gasteiger partial charge in [0.2, 0.25) is 0 Å². The van der Waals surface area contributed by atoms with Gasteiger partial charge in [0, 0.05) is 10.8 Å². The summed E-state index contributed by atoms with van der Waals surface area (Å²) in [5.74, 6) is 0.460. The Morgan fingerprint density at radius 2 is 1.14 bits per heavy atom. The van der Waals surface area contributed by atoms with Crippen molar-refractivity contribution >= 4 is 3.81 Å². The number of hydrogen-bond donors (Lipinski definition) is 0. The molecule has 6 aliphatic carbocycles. The molecule has 0 heterocycles. The fraction of sp³-hybridized carbons (Fsp3) is 0.362. The van der Waals surface area contributed by atoms with Gasteiger partial charge in [-0.25, -0.2) is 12.2 Å². The summed E-state index contributed by atoms with van der Waals surface area (Å²) in [6.07, 6.45) is 39.3. The van der Waals surface area contributed by atoms with Crippen molar-refractivity contribution in [2.24, 2.45) is 43.8 Å². The van der Waals surface area contributed by atoms with Crippen LogP contribution in [0.2, 0.25) is 0 Å². The summed E-state index contributed by atoms with van der Waals surface area (Å²) in [4.78, 5) is 0. The van der Waals surface area contributed by atoms with Crippen LogP contribution in [0.5, 0.6) is 0 Å². The van der Waals surface area contributed by atoms with E-state index in [4.69, 9.17) is 0 Å². The molecular formula is C47H52Cl2Ti-2. The molecule has 0 N–H and O–H groups in total. The summed E-state index contributed by atoms with van der Waals surface area (Å²) in [7, 11) is 0. The van der Waals surface area contributed by atoms with Gasteiger partial charge in [0.05, 0.1) is 0 Å². The number of halogens is 2. The van der Waals surface area contributed by atoms with Crippen LogP contribution in [0, 0.1) is 56.3 Å². The van der Waals surface area contributed by atoms with Gasteiger partial charge in [-0.15, -0.1) is 23.8 Å². The summed E-state index contributed by atoms with van der Waals surface area (Å²) >= 11 is 2.16. The Kier molecular flexibility index (Phi) is 11.7. The van der Waals surface area contributed by atoms with Crippen molar-refractivity contribution in [2.75, 3.05) is 0 Å². The summed E-state index contributed by atoms with van der Waals surface area (Å²) in [6.45, 7) is 20.3. The minimum atomic E-state index is 0. The summed E-state index contributed by atoms with van der Waals surface area (Å²) in [5, 5.41) is 0. The van der Waals surface area contributed by atoms with Crippen LogP contribution in [0.4, 0.5) is 0 Å². The molecule has 0 aliphatic heterocycles. The minimum absolute atomic E-state index is 0. The molecule has 0 aromatic heterocycles. The SMILES string of the molecule is CC1=CC=CC2[CH-]C3(C)C4(C)C=CC=CC4(C)C4(C)C=CC=CC4(C)C3(C)C12C.[C-]1=CC=CC1.[Cl-].[Cl-].[Ti+2]=[C](c1ccccc1)c1ccccc1. The van der Waals surface area contributed by atoms with Crippen LogP contribution in [-0.4, -0.2) is 3.81 Å². The molecule has 260 valence electrons. The van der Waals surface area contributed by atoms with Gasteiger partial charge in [0.25, 0.3) is 0 Å². The van der Waals surface area contributed by atoms with E-state index in [9.17, 15) is 0 Å². The third-order valence-corrected chi connectivity index (χ3v) is 15.6. The van der Waals surface area contributed by atoms with Gasteiger partial charge in [0.1, 0.15) is 0 Å². The third kappa shape index (κ3) is 5.30. The van der Waals surface area contributed by atoms with E-state index < -0.39 is 0 Å². The number of hydrogen-bond acceptors (Lipinski definition) is 0. The average molecular weight is 736 g/mol. The Hall–Kier alpha value is -2.48. The molecule has 8 atom stereocenters. The van der Waals surface area contributed by atoms with E-state index in [0.717, 1.165) is 6.42 Å². The molecule has 2 aromatic carbocycles. The third-order valence-electron chi connectivity index (χ3n) is 14.7. The molecule has 0 bridgehead atoms. The number of rotatable bonds is 2. The standard InChI is InChI=1S/C29H37.C13H10.C5H5.2ClH.Ti/c1-21-14-13-15-22-20-27(6)25(4)18-10-9-16-23(25,2)24(3)17-11-12-19-26(24,5)29(27,8)28(21,22)7;1-3-7-12(8-4-1)11-13-9-5-2-6-10-13;1-2-4-5-3-1;;;/h9-20,22H,1-8H3;1-10H;1-3H,4H2;2*1H;/q-1;;-1;;;+2/p-2. The van der Waals surface area contributed by atoms with E-state index in [1.807, 2.05) is 24.3 Å². The van der Waals surface area contributed by atoms with E-state index >= 15 is 0 Å². The zero-order valence-electron chi connectivity index (χ0n) is 31.0. The van der Waals surface area contributed by atoms with E-state index in [1.165, 1.54) is 20.5 Å². The molecule has 0 saturated heterocycles. The van der Waals surface area contributed by atoms with E-state index in [0.29, 0.717) is 5.92 Å². The summed E-state index contributed by atoms with van der Waals surface area (Å²) in [5.41, 5.74) is 4.31. The predicted molar refractivity (Wildman–Crippen MR) is 202 cm³/mol. The summed E-state index contributed by atoms with van der Waals surface area (Å²) < 4.78 is 1.33. The van der Waals surface area contributed by atoms with Gasteiger partial charge in [-0.05, 0) is 28.6 Å². The van der Waals surface area contributed by atoms with Gasteiger partial charge in [-0.2, -0.15) is 6.08 Å². The molecular weight excluding hydrogens is 683 g/mol. The van der Waals surface area contributed by atoms with Crippen LogP contribution in [0.1, 0.15) is 72.9 Å². The predicted octanol–water partition coefficient (Wildman–Crippen LogP) is 5.76. The molecule has 2 aromatic rings. The monoisotopic (exact) mass is 734 g/mol. The van der Waals surface area contributed by atoms with Gasteiger partial charge in [-0.3, -0.25) is 6.08 Å². The fourth-order valence-electron chi connectivity index (χ4n) is 11.0. The molecule has 8 rings (SSSR count). The van der Waals surface area contributed by atoms with Crippen molar-refractivity contribution in [3.05, 3.63) is 175 Å². The molecule has 2 saturated carbocycles. The number of fused-ring (bicyclic) bond motifs is 8. The van der Waals surface area contributed by atoms with Crippen LogP contribution in [0.3, 0.4) is 0 Å². The topological polar surface area (TPSA) is 0 Å².